The highest BCUT2D eigenvalue weighted by Crippen LogP contribution is 2.34. The molecule has 0 aliphatic heterocycles. The number of hydrogen-bond acceptors (Lipinski definition) is 3. The minimum absolute atomic E-state index is 0.308. The molecule has 1 heterocycles. The number of carbonyl (C=O) groups excluding carboxylic acids is 1. The van der Waals surface area contributed by atoms with E-state index < -0.39 is 0 Å². The van der Waals surface area contributed by atoms with E-state index in [4.69, 9.17) is 4.74 Å². The van der Waals surface area contributed by atoms with Crippen molar-refractivity contribution >= 4 is 32.8 Å². The van der Waals surface area contributed by atoms with Gasteiger partial charge in [0, 0.05) is 5.39 Å². The average Bonchev–Trinajstić information content (AvgIpc) is 3.06. The SMILES string of the molecule is COC(=O)c1ccc2c(Br)nn(C3CCCC3)c2c1. The molecule has 5 heteroatoms. The van der Waals surface area contributed by atoms with Gasteiger partial charge in [-0.1, -0.05) is 12.8 Å². The largest absolute Gasteiger partial charge is 0.465 e. The number of hydrogen-bond donors (Lipinski definition) is 0. The smallest absolute Gasteiger partial charge is 0.337 e. The molecule has 3 rings (SSSR count). The molecule has 1 aliphatic carbocycles. The second-order valence-electron chi connectivity index (χ2n) is 4.90. The number of aromatic nitrogens is 2. The van der Waals surface area contributed by atoms with Gasteiger partial charge in [-0.05, 0) is 47.0 Å². The Morgan fingerprint density at radius 1 is 1.42 bits per heavy atom. The van der Waals surface area contributed by atoms with Gasteiger partial charge in [0.25, 0.3) is 0 Å². The number of methoxy groups -OCH3 is 1. The molecule has 100 valence electrons. The van der Waals surface area contributed by atoms with Crippen molar-refractivity contribution in [1.29, 1.82) is 0 Å². The van der Waals surface area contributed by atoms with Crippen LogP contribution >= 0.6 is 15.9 Å². The third-order valence-corrected chi connectivity index (χ3v) is 4.34. The van der Waals surface area contributed by atoms with Crippen molar-refractivity contribution in [3.8, 4) is 0 Å². The van der Waals surface area contributed by atoms with Crippen molar-refractivity contribution in [2.45, 2.75) is 31.7 Å². The van der Waals surface area contributed by atoms with Crippen LogP contribution in [0.15, 0.2) is 22.8 Å². The molecule has 19 heavy (non-hydrogen) atoms. The molecule has 0 bridgehead atoms. The lowest BCUT2D eigenvalue weighted by Gasteiger charge is -2.11. The topological polar surface area (TPSA) is 44.1 Å². The van der Waals surface area contributed by atoms with Crippen LogP contribution in [0.1, 0.15) is 42.1 Å². The minimum atomic E-state index is -0.308. The van der Waals surface area contributed by atoms with Crippen LogP contribution < -0.4 is 0 Å². The summed E-state index contributed by atoms with van der Waals surface area (Å²) in [5.74, 6) is -0.308. The molecule has 1 aromatic carbocycles. The van der Waals surface area contributed by atoms with E-state index in [1.807, 2.05) is 12.1 Å². The van der Waals surface area contributed by atoms with Crippen LogP contribution in [0.25, 0.3) is 10.9 Å². The first-order valence-electron chi connectivity index (χ1n) is 6.47. The van der Waals surface area contributed by atoms with Gasteiger partial charge in [0.05, 0.1) is 24.2 Å². The molecular formula is C14H15BrN2O2. The quantitative estimate of drug-likeness (QED) is 0.792. The number of carbonyl (C=O) groups is 1. The van der Waals surface area contributed by atoms with Gasteiger partial charge < -0.3 is 4.74 Å². The summed E-state index contributed by atoms with van der Waals surface area (Å²) in [4.78, 5) is 11.6. The van der Waals surface area contributed by atoms with Crippen LogP contribution in [0.5, 0.6) is 0 Å². The van der Waals surface area contributed by atoms with Gasteiger partial charge >= 0.3 is 5.97 Å². The maximum atomic E-state index is 11.6. The molecular weight excluding hydrogens is 308 g/mol. The van der Waals surface area contributed by atoms with Crippen LogP contribution in [-0.2, 0) is 4.74 Å². The van der Waals surface area contributed by atoms with Gasteiger partial charge in [0.1, 0.15) is 4.60 Å². The van der Waals surface area contributed by atoms with Crippen molar-refractivity contribution in [3.63, 3.8) is 0 Å². The number of nitrogens with zero attached hydrogens (tertiary/aromatic N) is 2. The van der Waals surface area contributed by atoms with Crippen molar-refractivity contribution in [1.82, 2.24) is 9.78 Å². The molecule has 0 saturated heterocycles. The normalized spacial score (nSPS) is 16.1. The van der Waals surface area contributed by atoms with Gasteiger partial charge in [0.15, 0.2) is 0 Å². The summed E-state index contributed by atoms with van der Waals surface area (Å²) in [7, 11) is 1.40. The monoisotopic (exact) mass is 322 g/mol. The Morgan fingerprint density at radius 2 is 2.16 bits per heavy atom. The predicted molar refractivity (Wildman–Crippen MR) is 76.3 cm³/mol. The van der Waals surface area contributed by atoms with Crippen LogP contribution in [0, 0.1) is 0 Å². The Kier molecular flexibility index (Phi) is 3.31. The Hall–Kier alpha value is -1.36. The maximum Gasteiger partial charge on any atom is 0.337 e. The first-order valence-corrected chi connectivity index (χ1v) is 7.26. The molecule has 0 unspecified atom stereocenters. The molecule has 0 amide bonds. The van der Waals surface area contributed by atoms with E-state index >= 15 is 0 Å². The first-order chi connectivity index (χ1) is 9.20. The zero-order valence-electron chi connectivity index (χ0n) is 10.7. The van der Waals surface area contributed by atoms with Crippen molar-refractivity contribution in [2.24, 2.45) is 0 Å². The summed E-state index contributed by atoms with van der Waals surface area (Å²) >= 11 is 3.50. The molecule has 0 atom stereocenters. The number of rotatable bonds is 2. The Morgan fingerprint density at radius 3 is 2.84 bits per heavy atom. The fraction of sp³-hybridized carbons (Fsp3) is 0.429. The maximum absolute atomic E-state index is 11.6. The molecule has 1 fully saturated rings. The fourth-order valence-electron chi connectivity index (χ4n) is 2.77. The summed E-state index contributed by atoms with van der Waals surface area (Å²) in [5.41, 5.74) is 1.57. The number of halogens is 1. The molecule has 0 spiro atoms. The second kappa shape index (κ2) is 4.96. The van der Waals surface area contributed by atoms with Crippen LogP contribution in [0.4, 0.5) is 0 Å². The zero-order chi connectivity index (χ0) is 13.4. The van der Waals surface area contributed by atoms with Gasteiger partial charge in [-0.3, -0.25) is 4.68 Å². The summed E-state index contributed by atoms with van der Waals surface area (Å²) in [6.07, 6.45) is 4.82. The van der Waals surface area contributed by atoms with Crippen molar-refractivity contribution in [3.05, 3.63) is 28.4 Å². The van der Waals surface area contributed by atoms with Crippen molar-refractivity contribution < 1.29 is 9.53 Å². The Labute approximate surface area is 119 Å². The number of ether oxygens (including phenoxy) is 1. The van der Waals surface area contributed by atoms with Gasteiger partial charge in [0.2, 0.25) is 0 Å². The summed E-state index contributed by atoms with van der Waals surface area (Å²) in [6.45, 7) is 0. The van der Waals surface area contributed by atoms with E-state index in [9.17, 15) is 4.79 Å². The summed E-state index contributed by atoms with van der Waals surface area (Å²) in [5, 5.41) is 5.62. The number of esters is 1. The highest BCUT2D eigenvalue weighted by atomic mass is 79.9. The summed E-state index contributed by atoms with van der Waals surface area (Å²) < 4.78 is 7.67. The van der Waals surface area contributed by atoms with E-state index in [1.165, 1.54) is 20.0 Å². The zero-order valence-corrected chi connectivity index (χ0v) is 12.3. The second-order valence-corrected chi connectivity index (χ2v) is 5.65. The van der Waals surface area contributed by atoms with Crippen LogP contribution in [0.3, 0.4) is 0 Å². The summed E-state index contributed by atoms with van der Waals surface area (Å²) in [6, 6.07) is 6.02. The highest BCUT2D eigenvalue weighted by Gasteiger charge is 2.21. The molecule has 4 nitrogen and oxygen atoms in total. The number of fused-ring (bicyclic) bond motifs is 1. The molecule has 0 N–H and O–H groups in total. The van der Waals surface area contributed by atoms with Gasteiger partial charge in [-0.15, -0.1) is 0 Å². The molecule has 0 radical (unpaired) electrons. The van der Waals surface area contributed by atoms with E-state index in [1.54, 1.807) is 6.07 Å². The van der Waals surface area contributed by atoms with Crippen molar-refractivity contribution in [2.75, 3.05) is 7.11 Å². The minimum Gasteiger partial charge on any atom is -0.465 e. The lowest BCUT2D eigenvalue weighted by atomic mass is 10.1. The third kappa shape index (κ3) is 2.16. The van der Waals surface area contributed by atoms with E-state index in [0.717, 1.165) is 28.3 Å². The molecule has 1 saturated carbocycles. The van der Waals surface area contributed by atoms with E-state index in [-0.39, 0.29) is 5.97 Å². The Balaban J connectivity index is 2.13. The molecule has 1 aromatic heterocycles. The highest BCUT2D eigenvalue weighted by molar-refractivity contribution is 9.10. The van der Waals surface area contributed by atoms with Crippen LogP contribution in [-0.4, -0.2) is 22.9 Å². The van der Waals surface area contributed by atoms with E-state index in [2.05, 4.69) is 25.7 Å². The van der Waals surface area contributed by atoms with Crippen LogP contribution in [0.2, 0.25) is 0 Å². The van der Waals surface area contributed by atoms with E-state index in [0.29, 0.717) is 11.6 Å². The fourth-order valence-corrected chi connectivity index (χ4v) is 3.28. The predicted octanol–water partition coefficient (Wildman–Crippen LogP) is 3.70. The number of benzene rings is 1. The first kappa shape index (κ1) is 12.7. The van der Waals surface area contributed by atoms with Gasteiger partial charge in [-0.2, -0.15) is 5.10 Å². The molecule has 2 aromatic rings. The molecule has 1 aliphatic rings. The lowest BCUT2D eigenvalue weighted by Crippen LogP contribution is -2.07. The average molecular weight is 323 g/mol. The van der Waals surface area contributed by atoms with Gasteiger partial charge in [-0.25, -0.2) is 4.79 Å². The lowest BCUT2D eigenvalue weighted by molar-refractivity contribution is 0.0601. The standard InChI is InChI=1S/C14H15BrN2O2/c1-19-14(18)9-6-7-11-12(8-9)17(16-13(11)15)10-4-2-3-5-10/h6-8,10H,2-5H2,1H3. The Bertz CT molecular complexity index is 630. The third-order valence-electron chi connectivity index (χ3n) is 3.75.